The van der Waals surface area contributed by atoms with E-state index in [0.29, 0.717) is 13.1 Å². The highest BCUT2D eigenvalue weighted by Gasteiger charge is 2.23. The molecule has 1 fully saturated rings. The molecule has 0 atom stereocenters. The van der Waals surface area contributed by atoms with Gasteiger partial charge >= 0.3 is 0 Å². The van der Waals surface area contributed by atoms with Crippen LogP contribution in [0.2, 0.25) is 0 Å². The molecule has 1 aliphatic heterocycles. The minimum Gasteiger partial charge on any atom is -0.484 e. The lowest BCUT2D eigenvalue weighted by molar-refractivity contribution is -0.135. The quantitative estimate of drug-likeness (QED) is 0.439. The third kappa shape index (κ3) is 5.07. The summed E-state index contributed by atoms with van der Waals surface area (Å²) in [5, 5.41) is 0. The van der Waals surface area contributed by atoms with Crippen LogP contribution in [0.15, 0.2) is 84.9 Å². The number of para-hydroxylation sites is 3. The molecule has 168 valence electrons. The summed E-state index contributed by atoms with van der Waals surface area (Å²) in [5.74, 6) is 1.82. The number of benzene rings is 3. The largest absolute Gasteiger partial charge is 0.484 e. The van der Waals surface area contributed by atoms with Crippen LogP contribution in [-0.4, -0.2) is 58.0 Å². The zero-order chi connectivity index (χ0) is 22.5. The van der Waals surface area contributed by atoms with Gasteiger partial charge in [-0.15, -0.1) is 0 Å². The number of carbonyl (C=O) groups is 1. The molecule has 6 heteroatoms. The van der Waals surface area contributed by atoms with Gasteiger partial charge in [-0.1, -0.05) is 60.7 Å². The Balaban J connectivity index is 1.22. The Labute approximate surface area is 194 Å². The number of aromatic nitrogens is 2. The van der Waals surface area contributed by atoms with Crippen LogP contribution in [0.3, 0.4) is 0 Å². The predicted octanol–water partition coefficient (Wildman–Crippen LogP) is 3.81. The van der Waals surface area contributed by atoms with Crippen LogP contribution < -0.4 is 4.74 Å². The minimum absolute atomic E-state index is 0.0369. The molecule has 6 nitrogen and oxygen atoms in total. The number of nitrogens with zero attached hydrogens (tertiary/aromatic N) is 4. The first kappa shape index (κ1) is 21.2. The van der Waals surface area contributed by atoms with Crippen molar-refractivity contribution >= 4 is 16.9 Å². The van der Waals surface area contributed by atoms with Gasteiger partial charge in [0.25, 0.3) is 5.91 Å². The molecule has 0 saturated carbocycles. The predicted molar refractivity (Wildman–Crippen MR) is 129 cm³/mol. The van der Waals surface area contributed by atoms with E-state index in [9.17, 15) is 4.79 Å². The molecule has 3 aromatic carbocycles. The Hall–Kier alpha value is -3.64. The van der Waals surface area contributed by atoms with Gasteiger partial charge in [-0.25, -0.2) is 4.98 Å². The number of fused-ring (bicyclic) bond motifs is 1. The zero-order valence-electron chi connectivity index (χ0n) is 18.6. The Bertz CT molecular complexity index is 1200. The number of hydrogen-bond acceptors (Lipinski definition) is 4. The summed E-state index contributed by atoms with van der Waals surface area (Å²) in [7, 11) is 0. The molecular weight excluding hydrogens is 412 g/mol. The minimum atomic E-state index is 0.0369. The molecule has 1 aromatic heterocycles. The summed E-state index contributed by atoms with van der Waals surface area (Å²) in [4.78, 5) is 21.8. The molecule has 0 aliphatic carbocycles. The van der Waals surface area contributed by atoms with Crippen molar-refractivity contribution in [2.75, 3.05) is 32.8 Å². The summed E-state index contributed by atoms with van der Waals surface area (Å²) in [6.07, 6.45) is 0. The molecule has 0 N–H and O–H groups in total. The van der Waals surface area contributed by atoms with E-state index >= 15 is 0 Å². The van der Waals surface area contributed by atoms with Crippen molar-refractivity contribution in [3.05, 3.63) is 96.3 Å². The SMILES string of the molecule is O=C(COc1ccccc1)N1CCN(Cc2nc3ccccc3n2Cc2ccccc2)CC1. The van der Waals surface area contributed by atoms with Gasteiger partial charge in [0.1, 0.15) is 11.6 Å². The number of amides is 1. The Morgan fingerprint density at radius 1 is 0.788 bits per heavy atom. The number of ether oxygens (including phenoxy) is 1. The lowest BCUT2D eigenvalue weighted by atomic mass is 10.2. The van der Waals surface area contributed by atoms with E-state index in [1.807, 2.05) is 47.4 Å². The average molecular weight is 441 g/mol. The number of carbonyl (C=O) groups excluding carboxylic acids is 1. The summed E-state index contributed by atoms with van der Waals surface area (Å²) >= 11 is 0. The molecule has 2 heterocycles. The number of piperazine rings is 1. The molecule has 0 spiro atoms. The second-order valence-corrected chi connectivity index (χ2v) is 8.35. The van der Waals surface area contributed by atoms with Crippen molar-refractivity contribution in [3.8, 4) is 5.75 Å². The van der Waals surface area contributed by atoms with Crippen LogP contribution >= 0.6 is 0 Å². The van der Waals surface area contributed by atoms with E-state index in [2.05, 4.69) is 51.9 Å². The van der Waals surface area contributed by atoms with Gasteiger partial charge in [0.2, 0.25) is 0 Å². The van der Waals surface area contributed by atoms with Crippen molar-refractivity contribution < 1.29 is 9.53 Å². The van der Waals surface area contributed by atoms with Crippen molar-refractivity contribution in [2.45, 2.75) is 13.1 Å². The van der Waals surface area contributed by atoms with Gasteiger partial charge in [-0.2, -0.15) is 0 Å². The van der Waals surface area contributed by atoms with Crippen molar-refractivity contribution in [1.29, 1.82) is 0 Å². The Morgan fingerprint density at radius 3 is 2.21 bits per heavy atom. The highest BCUT2D eigenvalue weighted by molar-refractivity contribution is 5.78. The van der Waals surface area contributed by atoms with Crippen molar-refractivity contribution in [1.82, 2.24) is 19.4 Å². The molecular formula is C27H28N4O2. The molecule has 4 aromatic rings. The van der Waals surface area contributed by atoms with Crippen LogP contribution in [-0.2, 0) is 17.9 Å². The summed E-state index contributed by atoms with van der Waals surface area (Å²) in [6.45, 7) is 4.70. The molecule has 0 bridgehead atoms. The van der Waals surface area contributed by atoms with Gasteiger partial charge in [0, 0.05) is 32.7 Å². The fraction of sp³-hybridized carbons (Fsp3) is 0.259. The zero-order valence-corrected chi connectivity index (χ0v) is 18.6. The van der Waals surface area contributed by atoms with Crippen molar-refractivity contribution in [2.24, 2.45) is 0 Å². The van der Waals surface area contributed by atoms with Gasteiger partial charge in [0.05, 0.1) is 17.6 Å². The van der Waals surface area contributed by atoms with Gasteiger partial charge in [0.15, 0.2) is 6.61 Å². The first-order chi connectivity index (χ1) is 16.3. The highest BCUT2D eigenvalue weighted by Crippen LogP contribution is 2.20. The molecule has 1 saturated heterocycles. The Kier molecular flexibility index (Phi) is 6.35. The van der Waals surface area contributed by atoms with E-state index in [1.54, 1.807) is 0 Å². The van der Waals surface area contributed by atoms with E-state index in [0.717, 1.165) is 48.8 Å². The topological polar surface area (TPSA) is 50.6 Å². The monoisotopic (exact) mass is 440 g/mol. The van der Waals surface area contributed by atoms with E-state index in [4.69, 9.17) is 9.72 Å². The molecule has 0 unspecified atom stereocenters. The first-order valence-corrected chi connectivity index (χ1v) is 11.4. The van der Waals surface area contributed by atoms with E-state index in [1.165, 1.54) is 5.56 Å². The molecule has 33 heavy (non-hydrogen) atoms. The first-order valence-electron chi connectivity index (χ1n) is 11.4. The van der Waals surface area contributed by atoms with Crippen LogP contribution in [0.25, 0.3) is 11.0 Å². The maximum atomic E-state index is 12.6. The fourth-order valence-electron chi connectivity index (χ4n) is 4.30. The van der Waals surface area contributed by atoms with Gasteiger partial charge in [-0.05, 0) is 29.8 Å². The molecule has 0 radical (unpaired) electrons. The highest BCUT2D eigenvalue weighted by atomic mass is 16.5. The van der Waals surface area contributed by atoms with Crippen LogP contribution in [0.4, 0.5) is 0 Å². The van der Waals surface area contributed by atoms with Crippen LogP contribution in [0.1, 0.15) is 11.4 Å². The second-order valence-electron chi connectivity index (χ2n) is 8.35. The van der Waals surface area contributed by atoms with Crippen molar-refractivity contribution in [3.63, 3.8) is 0 Å². The third-order valence-corrected chi connectivity index (χ3v) is 6.11. The molecule has 1 amide bonds. The van der Waals surface area contributed by atoms with Crippen LogP contribution in [0.5, 0.6) is 5.75 Å². The number of imidazole rings is 1. The smallest absolute Gasteiger partial charge is 0.260 e. The van der Waals surface area contributed by atoms with Gasteiger partial charge in [-0.3, -0.25) is 9.69 Å². The maximum absolute atomic E-state index is 12.6. The molecule has 5 rings (SSSR count). The normalized spacial score (nSPS) is 14.5. The number of hydrogen-bond donors (Lipinski definition) is 0. The number of rotatable bonds is 7. The fourth-order valence-corrected chi connectivity index (χ4v) is 4.30. The Morgan fingerprint density at radius 2 is 1.45 bits per heavy atom. The lowest BCUT2D eigenvalue weighted by Gasteiger charge is -2.34. The summed E-state index contributed by atoms with van der Waals surface area (Å²) in [5.41, 5.74) is 3.44. The molecule has 1 aliphatic rings. The third-order valence-electron chi connectivity index (χ3n) is 6.11. The lowest BCUT2D eigenvalue weighted by Crippen LogP contribution is -2.49. The average Bonchev–Trinajstić information content (AvgIpc) is 3.21. The van der Waals surface area contributed by atoms with Crippen LogP contribution in [0, 0.1) is 0 Å². The van der Waals surface area contributed by atoms with E-state index < -0.39 is 0 Å². The summed E-state index contributed by atoms with van der Waals surface area (Å²) < 4.78 is 7.95. The second kappa shape index (κ2) is 9.88. The summed E-state index contributed by atoms with van der Waals surface area (Å²) in [6, 6.07) is 28.3. The standard InChI is InChI=1S/C27H28N4O2/c32-27(21-33-23-11-5-2-6-12-23)30-17-15-29(16-18-30)20-26-28-24-13-7-8-14-25(24)31(26)19-22-9-3-1-4-10-22/h1-14H,15-21H2. The van der Waals surface area contributed by atoms with Gasteiger partial charge < -0.3 is 14.2 Å². The van der Waals surface area contributed by atoms with E-state index in [-0.39, 0.29) is 12.5 Å². The maximum Gasteiger partial charge on any atom is 0.260 e.